The number of rotatable bonds is 5. The Bertz CT molecular complexity index is 716. The van der Waals surface area contributed by atoms with Gasteiger partial charge in [-0.1, -0.05) is 18.5 Å². The first-order chi connectivity index (χ1) is 10.6. The van der Waals surface area contributed by atoms with Gasteiger partial charge in [0, 0.05) is 6.54 Å². The molecule has 22 heavy (non-hydrogen) atoms. The average molecular weight is 319 g/mol. The standard InChI is InChI=1S/C15H15ClN4O2/c1-3-8-18-14(21)13-12(16)15(22-2)20(19-13)11-6-4-10(9-17)5-7-11/h4-7H,3,8H2,1-2H3,(H,18,21). The van der Waals surface area contributed by atoms with E-state index >= 15 is 0 Å². The third-order valence-corrected chi connectivity index (χ3v) is 3.31. The second-order valence-electron chi connectivity index (χ2n) is 4.50. The predicted octanol–water partition coefficient (Wildman–Crippen LogP) is 2.55. The molecule has 0 saturated carbocycles. The quantitative estimate of drug-likeness (QED) is 0.918. The monoisotopic (exact) mass is 318 g/mol. The van der Waals surface area contributed by atoms with Crippen molar-refractivity contribution in [2.45, 2.75) is 13.3 Å². The molecule has 6 nitrogen and oxygen atoms in total. The molecule has 0 aliphatic rings. The van der Waals surface area contributed by atoms with Crippen molar-refractivity contribution in [2.24, 2.45) is 0 Å². The van der Waals surface area contributed by atoms with Crippen LogP contribution in [-0.2, 0) is 0 Å². The van der Waals surface area contributed by atoms with E-state index in [2.05, 4.69) is 10.4 Å². The molecule has 0 spiro atoms. The lowest BCUT2D eigenvalue weighted by Gasteiger charge is -2.05. The summed E-state index contributed by atoms with van der Waals surface area (Å²) in [7, 11) is 1.46. The van der Waals surface area contributed by atoms with E-state index in [0.717, 1.165) is 6.42 Å². The highest BCUT2D eigenvalue weighted by Crippen LogP contribution is 2.30. The van der Waals surface area contributed by atoms with Gasteiger partial charge in [0.25, 0.3) is 5.91 Å². The lowest BCUT2D eigenvalue weighted by atomic mass is 10.2. The number of halogens is 1. The number of nitriles is 1. The Hall–Kier alpha value is -2.52. The van der Waals surface area contributed by atoms with Gasteiger partial charge in [0.05, 0.1) is 24.4 Å². The van der Waals surface area contributed by atoms with Crippen LogP contribution < -0.4 is 10.1 Å². The average Bonchev–Trinajstić information content (AvgIpc) is 2.89. The third-order valence-electron chi connectivity index (χ3n) is 2.97. The number of aromatic nitrogens is 2. The van der Waals surface area contributed by atoms with Crippen LogP contribution in [0.1, 0.15) is 29.4 Å². The van der Waals surface area contributed by atoms with Crippen LogP contribution in [0, 0.1) is 11.3 Å². The zero-order valence-electron chi connectivity index (χ0n) is 12.3. The van der Waals surface area contributed by atoms with Crippen molar-refractivity contribution in [3.8, 4) is 17.6 Å². The van der Waals surface area contributed by atoms with Crippen LogP contribution in [0.15, 0.2) is 24.3 Å². The van der Waals surface area contributed by atoms with Crippen LogP contribution in [-0.4, -0.2) is 29.3 Å². The lowest BCUT2D eigenvalue weighted by Crippen LogP contribution is -2.24. The third kappa shape index (κ3) is 3.05. The molecule has 0 radical (unpaired) electrons. The fourth-order valence-electron chi connectivity index (χ4n) is 1.88. The number of carbonyl (C=O) groups excluding carboxylic acids is 1. The first-order valence-electron chi connectivity index (χ1n) is 6.73. The second-order valence-corrected chi connectivity index (χ2v) is 4.88. The minimum atomic E-state index is -0.349. The Morgan fingerprint density at radius 2 is 2.14 bits per heavy atom. The molecular formula is C15H15ClN4O2. The van der Waals surface area contributed by atoms with Crippen LogP contribution in [0.5, 0.6) is 5.88 Å². The summed E-state index contributed by atoms with van der Waals surface area (Å²) in [5.41, 5.74) is 1.28. The highest BCUT2D eigenvalue weighted by molar-refractivity contribution is 6.34. The summed E-state index contributed by atoms with van der Waals surface area (Å²) < 4.78 is 6.68. The molecule has 0 atom stereocenters. The second kappa shape index (κ2) is 6.96. The van der Waals surface area contributed by atoms with Crippen molar-refractivity contribution in [3.63, 3.8) is 0 Å². The van der Waals surface area contributed by atoms with Gasteiger partial charge in [-0.25, -0.2) is 0 Å². The van der Waals surface area contributed by atoms with Crippen LogP contribution in [0.3, 0.4) is 0 Å². The number of benzene rings is 1. The number of ether oxygens (including phenoxy) is 1. The van der Waals surface area contributed by atoms with Crippen molar-refractivity contribution < 1.29 is 9.53 Å². The molecule has 7 heteroatoms. The highest BCUT2D eigenvalue weighted by atomic mass is 35.5. The predicted molar refractivity (Wildman–Crippen MR) is 82.5 cm³/mol. The Labute approximate surface area is 133 Å². The topological polar surface area (TPSA) is 79.9 Å². The highest BCUT2D eigenvalue weighted by Gasteiger charge is 2.23. The maximum atomic E-state index is 12.1. The van der Waals surface area contributed by atoms with Gasteiger partial charge in [-0.3, -0.25) is 4.79 Å². The van der Waals surface area contributed by atoms with Gasteiger partial charge in [-0.2, -0.15) is 15.0 Å². The number of amides is 1. The first-order valence-corrected chi connectivity index (χ1v) is 7.11. The van der Waals surface area contributed by atoms with E-state index in [-0.39, 0.29) is 22.5 Å². The molecule has 0 bridgehead atoms. The molecule has 1 aromatic carbocycles. The Balaban J connectivity index is 2.43. The van der Waals surface area contributed by atoms with E-state index in [1.165, 1.54) is 11.8 Å². The van der Waals surface area contributed by atoms with Gasteiger partial charge in [-0.15, -0.1) is 0 Å². The normalized spacial score (nSPS) is 10.1. The summed E-state index contributed by atoms with van der Waals surface area (Å²) in [6.45, 7) is 2.50. The van der Waals surface area contributed by atoms with Gasteiger partial charge >= 0.3 is 0 Å². The summed E-state index contributed by atoms with van der Waals surface area (Å²) in [6.07, 6.45) is 0.816. The van der Waals surface area contributed by atoms with Crippen LogP contribution in [0.2, 0.25) is 5.02 Å². The smallest absolute Gasteiger partial charge is 0.273 e. The van der Waals surface area contributed by atoms with Gasteiger partial charge in [0.1, 0.15) is 5.02 Å². The molecule has 2 rings (SSSR count). The molecule has 1 heterocycles. The zero-order chi connectivity index (χ0) is 16.1. The minimum absolute atomic E-state index is 0.108. The van der Waals surface area contributed by atoms with E-state index in [4.69, 9.17) is 21.6 Å². The molecule has 0 saturated heterocycles. The van der Waals surface area contributed by atoms with Crippen LogP contribution >= 0.6 is 11.6 Å². The zero-order valence-corrected chi connectivity index (χ0v) is 13.0. The molecular weight excluding hydrogens is 304 g/mol. The summed E-state index contributed by atoms with van der Waals surface area (Å²) in [5, 5.41) is 15.9. The van der Waals surface area contributed by atoms with E-state index < -0.39 is 0 Å². The lowest BCUT2D eigenvalue weighted by molar-refractivity contribution is 0.0948. The molecule has 1 amide bonds. The van der Waals surface area contributed by atoms with Crippen molar-refractivity contribution in [2.75, 3.05) is 13.7 Å². The van der Waals surface area contributed by atoms with E-state index in [9.17, 15) is 4.79 Å². The molecule has 1 aromatic heterocycles. The van der Waals surface area contributed by atoms with Crippen molar-refractivity contribution in [1.82, 2.24) is 15.1 Å². The van der Waals surface area contributed by atoms with Gasteiger partial charge < -0.3 is 10.1 Å². The SMILES string of the molecule is CCCNC(=O)c1nn(-c2ccc(C#N)cc2)c(OC)c1Cl. The Morgan fingerprint density at radius 3 is 2.68 bits per heavy atom. The summed E-state index contributed by atoms with van der Waals surface area (Å²) in [5.74, 6) is -0.0782. The van der Waals surface area contributed by atoms with E-state index in [0.29, 0.717) is 17.8 Å². The Kier molecular flexibility index (Phi) is 5.02. The molecule has 0 aliphatic heterocycles. The van der Waals surface area contributed by atoms with Gasteiger partial charge in [0.15, 0.2) is 5.69 Å². The largest absolute Gasteiger partial charge is 0.480 e. The molecule has 1 N–H and O–H groups in total. The van der Waals surface area contributed by atoms with Gasteiger partial charge in [-0.05, 0) is 30.7 Å². The fraction of sp³-hybridized carbons (Fsp3) is 0.267. The van der Waals surface area contributed by atoms with E-state index in [1.54, 1.807) is 24.3 Å². The number of hydrogen-bond acceptors (Lipinski definition) is 4. The fourth-order valence-corrected chi connectivity index (χ4v) is 2.16. The summed E-state index contributed by atoms with van der Waals surface area (Å²) >= 11 is 6.19. The summed E-state index contributed by atoms with van der Waals surface area (Å²) in [6, 6.07) is 8.76. The van der Waals surface area contributed by atoms with Crippen molar-refractivity contribution in [1.29, 1.82) is 5.26 Å². The van der Waals surface area contributed by atoms with Crippen LogP contribution in [0.4, 0.5) is 0 Å². The van der Waals surface area contributed by atoms with E-state index in [1.807, 2.05) is 13.0 Å². The number of methoxy groups -OCH3 is 1. The molecule has 0 fully saturated rings. The molecule has 0 aliphatic carbocycles. The maximum Gasteiger partial charge on any atom is 0.273 e. The Morgan fingerprint density at radius 1 is 1.45 bits per heavy atom. The molecule has 0 unspecified atom stereocenters. The number of nitrogens with one attached hydrogen (secondary N) is 1. The van der Waals surface area contributed by atoms with Crippen molar-refractivity contribution in [3.05, 3.63) is 40.5 Å². The first kappa shape index (κ1) is 15.9. The van der Waals surface area contributed by atoms with Crippen molar-refractivity contribution >= 4 is 17.5 Å². The molecule has 2 aromatic rings. The van der Waals surface area contributed by atoms with Gasteiger partial charge in [0.2, 0.25) is 5.88 Å². The number of nitrogens with zero attached hydrogens (tertiary/aromatic N) is 3. The summed E-state index contributed by atoms with van der Waals surface area (Å²) in [4.78, 5) is 12.1. The molecule has 114 valence electrons. The van der Waals surface area contributed by atoms with Crippen LogP contribution in [0.25, 0.3) is 5.69 Å². The number of hydrogen-bond donors (Lipinski definition) is 1. The number of carbonyl (C=O) groups is 1. The minimum Gasteiger partial charge on any atom is -0.480 e. The maximum absolute atomic E-state index is 12.1.